The number of aliphatic carboxylic acids is 1. The second-order valence-electron chi connectivity index (χ2n) is 7.02. The first-order valence-electron chi connectivity index (χ1n) is 9.30. The third kappa shape index (κ3) is 3.32. The first-order chi connectivity index (χ1) is 14.4. The van der Waals surface area contributed by atoms with E-state index >= 15 is 0 Å². The highest BCUT2D eigenvalue weighted by atomic mass is 16.4. The SMILES string of the molecule is Cn1c(=O)c(C(=O)NCC(=O)O)c(O)c2cnc(C3CCc4ccccc4N3)nc21. The smallest absolute Gasteiger partial charge is 0.322 e. The maximum Gasteiger partial charge on any atom is 0.322 e. The van der Waals surface area contributed by atoms with Crippen molar-refractivity contribution in [1.82, 2.24) is 19.9 Å². The molecular weight excluding hydrogens is 390 g/mol. The van der Waals surface area contributed by atoms with Crippen LogP contribution < -0.4 is 16.2 Å². The lowest BCUT2D eigenvalue weighted by molar-refractivity contribution is -0.135. The number of anilines is 1. The molecule has 1 aliphatic rings. The Morgan fingerprint density at radius 1 is 1.33 bits per heavy atom. The number of nitrogens with one attached hydrogen (secondary N) is 2. The van der Waals surface area contributed by atoms with E-state index in [1.54, 1.807) is 0 Å². The summed E-state index contributed by atoms with van der Waals surface area (Å²) in [4.78, 5) is 44.3. The zero-order valence-corrected chi connectivity index (χ0v) is 16.0. The molecule has 0 saturated carbocycles. The number of aromatic hydroxyl groups is 1. The van der Waals surface area contributed by atoms with Crippen molar-refractivity contribution in [2.75, 3.05) is 11.9 Å². The molecule has 154 valence electrons. The highest BCUT2D eigenvalue weighted by Crippen LogP contribution is 2.32. The minimum Gasteiger partial charge on any atom is -0.506 e. The van der Waals surface area contributed by atoms with Gasteiger partial charge in [-0.3, -0.25) is 19.0 Å². The number of pyridine rings is 1. The molecule has 10 heteroatoms. The number of amides is 1. The van der Waals surface area contributed by atoms with Crippen LogP contribution in [0.2, 0.25) is 0 Å². The minimum absolute atomic E-state index is 0.123. The molecule has 4 rings (SSSR count). The van der Waals surface area contributed by atoms with E-state index < -0.39 is 35.3 Å². The number of para-hydroxylation sites is 1. The molecule has 1 amide bonds. The van der Waals surface area contributed by atoms with Crippen molar-refractivity contribution in [3.8, 4) is 5.75 Å². The Labute approximate surface area is 170 Å². The number of benzene rings is 1. The van der Waals surface area contributed by atoms with E-state index in [0.29, 0.717) is 5.82 Å². The number of carbonyl (C=O) groups excluding carboxylic acids is 1. The normalized spacial score (nSPS) is 15.3. The Kier molecular flexibility index (Phi) is 4.82. The van der Waals surface area contributed by atoms with Crippen molar-refractivity contribution in [1.29, 1.82) is 0 Å². The summed E-state index contributed by atoms with van der Waals surface area (Å²) in [5, 5.41) is 24.8. The van der Waals surface area contributed by atoms with Gasteiger partial charge in [0.05, 0.1) is 11.4 Å². The molecule has 1 unspecified atom stereocenters. The summed E-state index contributed by atoms with van der Waals surface area (Å²) in [6.45, 7) is -0.677. The lowest BCUT2D eigenvalue weighted by Gasteiger charge is -2.26. The van der Waals surface area contributed by atoms with E-state index in [2.05, 4.69) is 26.7 Å². The standard InChI is InChI=1S/C20H19N5O5/c1-25-18-11(16(28)15(20(25)30)19(29)22-9-14(26)27)8-21-17(24-18)13-7-6-10-4-2-3-5-12(10)23-13/h2-5,8,13,23,28H,6-7,9H2,1H3,(H,22,29)(H,26,27). The topological polar surface area (TPSA) is 146 Å². The number of carbonyl (C=O) groups is 2. The quantitative estimate of drug-likeness (QED) is 0.498. The molecule has 1 aliphatic heterocycles. The maximum atomic E-state index is 12.7. The van der Waals surface area contributed by atoms with Gasteiger partial charge in [0.1, 0.15) is 23.5 Å². The van der Waals surface area contributed by atoms with Gasteiger partial charge in [-0.1, -0.05) is 18.2 Å². The van der Waals surface area contributed by atoms with Gasteiger partial charge in [-0.05, 0) is 24.5 Å². The number of nitrogens with zero attached hydrogens (tertiary/aromatic N) is 3. The van der Waals surface area contributed by atoms with Crippen LogP contribution in [0.1, 0.15) is 34.2 Å². The fourth-order valence-corrected chi connectivity index (χ4v) is 3.56. The van der Waals surface area contributed by atoms with E-state index in [-0.39, 0.29) is 17.1 Å². The summed E-state index contributed by atoms with van der Waals surface area (Å²) in [6.07, 6.45) is 2.98. The van der Waals surface area contributed by atoms with Gasteiger partial charge in [0.15, 0.2) is 5.82 Å². The van der Waals surface area contributed by atoms with E-state index in [9.17, 15) is 19.5 Å². The molecule has 30 heavy (non-hydrogen) atoms. The van der Waals surface area contributed by atoms with Crippen LogP contribution in [0.5, 0.6) is 5.75 Å². The monoisotopic (exact) mass is 409 g/mol. The zero-order valence-electron chi connectivity index (χ0n) is 16.0. The summed E-state index contributed by atoms with van der Waals surface area (Å²) >= 11 is 0. The number of hydrogen-bond acceptors (Lipinski definition) is 7. The highest BCUT2D eigenvalue weighted by molar-refractivity contribution is 6.02. The third-order valence-corrected chi connectivity index (χ3v) is 5.10. The van der Waals surface area contributed by atoms with Gasteiger partial charge in [0.25, 0.3) is 11.5 Å². The molecule has 0 radical (unpaired) electrons. The van der Waals surface area contributed by atoms with Gasteiger partial charge >= 0.3 is 5.97 Å². The van der Waals surface area contributed by atoms with Crippen molar-refractivity contribution < 1.29 is 19.8 Å². The summed E-state index contributed by atoms with van der Waals surface area (Å²) in [5.74, 6) is -2.36. The van der Waals surface area contributed by atoms with Crippen molar-refractivity contribution >= 4 is 28.6 Å². The summed E-state index contributed by atoms with van der Waals surface area (Å²) in [6, 6.07) is 7.79. The van der Waals surface area contributed by atoms with Gasteiger partial charge < -0.3 is 20.8 Å². The van der Waals surface area contributed by atoms with Crippen LogP contribution in [0.3, 0.4) is 0 Å². The first kappa shape index (κ1) is 19.4. The maximum absolute atomic E-state index is 12.7. The van der Waals surface area contributed by atoms with Gasteiger partial charge in [0.2, 0.25) is 0 Å². The largest absolute Gasteiger partial charge is 0.506 e. The summed E-state index contributed by atoms with van der Waals surface area (Å²) in [7, 11) is 1.43. The van der Waals surface area contributed by atoms with Crippen LogP contribution in [0.15, 0.2) is 35.3 Å². The Morgan fingerprint density at radius 2 is 2.10 bits per heavy atom. The Balaban J connectivity index is 1.73. The van der Waals surface area contributed by atoms with Crippen LogP contribution in [-0.4, -0.2) is 43.2 Å². The molecule has 0 saturated heterocycles. The van der Waals surface area contributed by atoms with Crippen molar-refractivity contribution in [2.24, 2.45) is 7.05 Å². The van der Waals surface area contributed by atoms with Crippen molar-refractivity contribution in [3.63, 3.8) is 0 Å². The minimum atomic E-state index is -1.27. The van der Waals surface area contributed by atoms with Crippen molar-refractivity contribution in [2.45, 2.75) is 18.9 Å². The molecule has 1 aromatic carbocycles. The number of rotatable bonds is 4. The van der Waals surface area contributed by atoms with Crippen LogP contribution in [-0.2, 0) is 18.3 Å². The molecule has 3 heterocycles. The third-order valence-electron chi connectivity index (χ3n) is 5.10. The fourth-order valence-electron chi connectivity index (χ4n) is 3.56. The zero-order chi connectivity index (χ0) is 21.4. The molecule has 3 aromatic rings. The average Bonchev–Trinajstić information content (AvgIpc) is 2.75. The van der Waals surface area contributed by atoms with Crippen LogP contribution in [0.25, 0.3) is 11.0 Å². The molecule has 1 atom stereocenters. The predicted molar refractivity (Wildman–Crippen MR) is 108 cm³/mol. The number of carboxylic acids is 1. The van der Waals surface area contributed by atoms with Crippen LogP contribution in [0.4, 0.5) is 5.69 Å². The van der Waals surface area contributed by atoms with Crippen LogP contribution >= 0.6 is 0 Å². The molecule has 0 aliphatic carbocycles. The molecule has 0 spiro atoms. The molecular formula is C20H19N5O5. The van der Waals surface area contributed by atoms with Crippen molar-refractivity contribution in [3.05, 3.63) is 57.8 Å². The van der Waals surface area contributed by atoms with Crippen LogP contribution in [0, 0.1) is 0 Å². The number of carboxylic acid groups (broad SMARTS) is 1. The molecule has 4 N–H and O–H groups in total. The number of aromatic nitrogens is 3. The Morgan fingerprint density at radius 3 is 2.87 bits per heavy atom. The summed E-state index contributed by atoms with van der Waals surface area (Å²) < 4.78 is 1.15. The Bertz CT molecular complexity index is 1240. The lowest BCUT2D eigenvalue weighted by Crippen LogP contribution is -2.35. The van der Waals surface area contributed by atoms with Gasteiger partial charge in [-0.25, -0.2) is 9.97 Å². The van der Waals surface area contributed by atoms with E-state index in [0.717, 1.165) is 23.1 Å². The number of hydrogen-bond donors (Lipinski definition) is 4. The Hall–Kier alpha value is -3.95. The highest BCUT2D eigenvalue weighted by Gasteiger charge is 2.25. The van der Waals surface area contributed by atoms with Gasteiger partial charge in [0, 0.05) is 18.9 Å². The van der Waals surface area contributed by atoms with Gasteiger partial charge in [-0.15, -0.1) is 0 Å². The van der Waals surface area contributed by atoms with E-state index in [1.165, 1.54) is 18.8 Å². The number of fused-ring (bicyclic) bond motifs is 2. The molecule has 2 aromatic heterocycles. The first-order valence-corrected chi connectivity index (χ1v) is 9.30. The predicted octanol–water partition coefficient (Wildman–Crippen LogP) is 0.948. The van der Waals surface area contributed by atoms with Gasteiger partial charge in [-0.2, -0.15) is 0 Å². The average molecular weight is 409 g/mol. The fraction of sp³-hybridized carbons (Fsp3) is 0.250. The second-order valence-corrected chi connectivity index (χ2v) is 7.02. The molecule has 0 bridgehead atoms. The molecule has 0 fully saturated rings. The molecule has 10 nitrogen and oxygen atoms in total. The van der Waals surface area contributed by atoms with E-state index in [4.69, 9.17) is 5.11 Å². The second kappa shape index (κ2) is 7.47. The lowest BCUT2D eigenvalue weighted by atomic mass is 9.97. The summed E-state index contributed by atoms with van der Waals surface area (Å²) in [5.41, 5.74) is 1.05. The number of aryl methyl sites for hydroxylation is 2. The van der Waals surface area contributed by atoms with E-state index in [1.807, 2.05) is 18.2 Å².